The highest BCUT2D eigenvalue weighted by atomic mass is 16.5. The van der Waals surface area contributed by atoms with E-state index in [-0.39, 0.29) is 11.7 Å². The molecule has 0 aromatic heterocycles. The Hall–Kier alpha value is -1.84. The van der Waals surface area contributed by atoms with E-state index < -0.39 is 6.10 Å². The molecule has 1 aliphatic heterocycles. The van der Waals surface area contributed by atoms with Crippen LogP contribution in [0.4, 0.5) is 0 Å². The lowest BCUT2D eigenvalue weighted by molar-refractivity contribution is -0.127. The second-order valence-corrected chi connectivity index (χ2v) is 4.47. The molecule has 1 amide bonds. The van der Waals surface area contributed by atoms with Crippen LogP contribution < -0.4 is 10.1 Å². The molecule has 4 nitrogen and oxygen atoms in total. The van der Waals surface area contributed by atoms with Gasteiger partial charge in [0.2, 0.25) is 0 Å². The van der Waals surface area contributed by atoms with Gasteiger partial charge in [-0.3, -0.25) is 9.59 Å². The third-order valence-electron chi connectivity index (χ3n) is 3.02. The normalized spacial score (nSPS) is 19.8. The summed E-state index contributed by atoms with van der Waals surface area (Å²) < 4.78 is 5.66. The number of amides is 1. The van der Waals surface area contributed by atoms with Crippen LogP contribution >= 0.6 is 0 Å². The molecule has 2 rings (SSSR count). The number of nitrogens with one attached hydrogen (secondary N) is 1. The largest absolute Gasteiger partial charge is 0.481 e. The summed E-state index contributed by atoms with van der Waals surface area (Å²) in [6, 6.07) is 6.89. The Kier molecular flexibility index (Phi) is 3.97. The molecule has 0 aliphatic carbocycles. The first-order valence-electron chi connectivity index (χ1n) is 6.22. The molecule has 1 aliphatic rings. The monoisotopic (exact) mass is 247 g/mol. The van der Waals surface area contributed by atoms with Crippen LogP contribution in [0.1, 0.15) is 36.5 Å². The Bertz CT molecular complexity index is 439. The standard InChI is InChI=1S/C14H17NO3/c1-10(16)11-5-7-12(8-6-11)18-13-4-2-3-9-15-14(13)17/h5-8,13H,2-4,9H2,1H3,(H,15,17). The lowest BCUT2D eigenvalue weighted by Gasteiger charge is -2.15. The number of carbonyl (C=O) groups is 2. The maximum atomic E-state index is 11.7. The Morgan fingerprint density at radius 1 is 1.28 bits per heavy atom. The highest BCUT2D eigenvalue weighted by Crippen LogP contribution is 2.17. The van der Waals surface area contributed by atoms with E-state index in [1.807, 2.05) is 0 Å². The molecule has 1 saturated heterocycles. The van der Waals surface area contributed by atoms with Crippen LogP contribution in [0.25, 0.3) is 0 Å². The van der Waals surface area contributed by atoms with Crippen LogP contribution in [0, 0.1) is 0 Å². The van der Waals surface area contributed by atoms with Gasteiger partial charge >= 0.3 is 0 Å². The van der Waals surface area contributed by atoms with Crippen molar-refractivity contribution in [3.05, 3.63) is 29.8 Å². The van der Waals surface area contributed by atoms with Crippen LogP contribution in [0.2, 0.25) is 0 Å². The van der Waals surface area contributed by atoms with Gasteiger partial charge in [0, 0.05) is 12.1 Å². The molecule has 1 fully saturated rings. The Morgan fingerprint density at radius 3 is 2.67 bits per heavy atom. The van der Waals surface area contributed by atoms with Crippen LogP contribution in [0.3, 0.4) is 0 Å². The summed E-state index contributed by atoms with van der Waals surface area (Å²) in [7, 11) is 0. The smallest absolute Gasteiger partial charge is 0.261 e. The highest BCUT2D eigenvalue weighted by Gasteiger charge is 2.22. The van der Waals surface area contributed by atoms with Crippen molar-refractivity contribution in [2.45, 2.75) is 32.3 Å². The molecule has 0 radical (unpaired) electrons. The van der Waals surface area contributed by atoms with E-state index in [1.54, 1.807) is 24.3 Å². The number of ether oxygens (including phenoxy) is 1. The average molecular weight is 247 g/mol. The van der Waals surface area contributed by atoms with Gasteiger partial charge in [-0.2, -0.15) is 0 Å². The summed E-state index contributed by atoms with van der Waals surface area (Å²) in [5, 5.41) is 2.83. The number of carbonyl (C=O) groups excluding carboxylic acids is 2. The molecule has 1 aromatic rings. The van der Waals surface area contributed by atoms with Gasteiger partial charge in [-0.1, -0.05) is 0 Å². The molecule has 0 bridgehead atoms. The number of hydrogen-bond acceptors (Lipinski definition) is 3. The first kappa shape index (κ1) is 12.6. The number of hydrogen-bond donors (Lipinski definition) is 1. The summed E-state index contributed by atoms with van der Waals surface area (Å²) in [6.45, 7) is 2.25. The SMILES string of the molecule is CC(=O)c1ccc(OC2CCCCNC2=O)cc1. The van der Waals surface area contributed by atoms with Crippen LogP contribution in [0.15, 0.2) is 24.3 Å². The van der Waals surface area contributed by atoms with E-state index in [2.05, 4.69) is 5.32 Å². The molecule has 0 saturated carbocycles. The molecule has 1 N–H and O–H groups in total. The van der Waals surface area contributed by atoms with E-state index in [1.165, 1.54) is 6.92 Å². The van der Waals surface area contributed by atoms with Crippen molar-refractivity contribution in [3.63, 3.8) is 0 Å². The number of benzene rings is 1. The van der Waals surface area contributed by atoms with Crippen molar-refractivity contribution >= 4 is 11.7 Å². The van der Waals surface area contributed by atoms with Gasteiger partial charge in [0.1, 0.15) is 5.75 Å². The summed E-state index contributed by atoms with van der Waals surface area (Å²) in [6.07, 6.45) is 2.29. The van der Waals surface area contributed by atoms with Crippen molar-refractivity contribution in [1.82, 2.24) is 5.32 Å². The fourth-order valence-electron chi connectivity index (χ4n) is 1.96. The van der Waals surface area contributed by atoms with Gasteiger partial charge < -0.3 is 10.1 Å². The van der Waals surface area contributed by atoms with Crippen molar-refractivity contribution in [2.75, 3.05) is 6.54 Å². The molecule has 18 heavy (non-hydrogen) atoms. The zero-order valence-corrected chi connectivity index (χ0v) is 10.4. The number of rotatable bonds is 3. The quantitative estimate of drug-likeness (QED) is 0.830. The van der Waals surface area contributed by atoms with E-state index in [9.17, 15) is 9.59 Å². The van der Waals surface area contributed by atoms with Gasteiger partial charge in [-0.25, -0.2) is 0 Å². The summed E-state index contributed by atoms with van der Waals surface area (Å²) in [5.74, 6) is 0.596. The van der Waals surface area contributed by atoms with Crippen LogP contribution in [-0.4, -0.2) is 24.3 Å². The topological polar surface area (TPSA) is 55.4 Å². The number of Topliss-reactive ketones (excluding diaryl/α,β-unsaturated/α-hetero) is 1. The van der Waals surface area contributed by atoms with E-state index >= 15 is 0 Å². The second-order valence-electron chi connectivity index (χ2n) is 4.47. The van der Waals surface area contributed by atoms with Crippen molar-refractivity contribution in [2.24, 2.45) is 0 Å². The zero-order chi connectivity index (χ0) is 13.0. The number of ketones is 1. The maximum Gasteiger partial charge on any atom is 0.261 e. The van der Waals surface area contributed by atoms with Gasteiger partial charge in [0.25, 0.3) is 5.91 Å². The Labute approximate surface area is 106 Å². The molecular weight excluding hydrogens is 230 g/mol. The van der Waals surface area contributed by atoms with Crippen LogP contribution in [0.5, 0.6) is 5.75 Å². The first-order valence-corrected chi connectivity index (χ1v) is 6.22. The fraction of sp³-hybridized carbons (Fsp3) is 0.429. The van der Waals surface area contributed by atoms with Crippen LogP contribution in [-0.2, 0) is 4.79 Å². The summed E-state index contributed by atoms with van der Waals surface area (Å²) in [4.78, 5) is 22.8. The predicted octanol–water partition coefficient (Wildman–Crippen LogP) is 1.94. The first-order chi connectivity index (χ1) is 8.66. The molecule has 1 aromatic carbocycles. The molecule has 1 atom stereocenters. The van der Waals surface area contributed by atoms with E-state index in [0.29, 0.717) is 11.3 Å². The van der Waals surface area contributed by atoms with Gasteiger partial charge in [-0.15, -0.1) is 0 Å². The predicted molar refractivity (Wildman–Crippen MR) is 67.7 cm³/mol. The molecule has 1 unspecified atom stereocenters. The minimum atomic E-state index is -0.421. The third-order valence-corrected chi connectivity index (χ3v) is 3.02. The molecule has 4 heteroatoms. The summed E-state index contributed by atoms with van der Waals surface area (Å²) in [5.41, 5.74) is 0.646. The van der Waals surface area contributed by atoms with Gasteiger partial charge in [-0.05, 0) is 50.5 Å². The van der Waals surface area contributed by atoms with Crippen molar-refractivity contribution < 1.29 is 14.3 Å². The maximum absolute atomic E-state index is 11.7. The fourth-order valence-corrected chi connectivity index (χ4v) is 1.96. The average Bonchev–Trinajstić information content (AvgIpc) is 2.56. The zero-order valence-electron chi connectivity index (χ0n) is 10.4. The molecular formula is C14H17NO3. The minimum Gasteiger partial charge on any atom is -0.481 e. The van der Waals surface area contributed by atoms with Crippen molar-refractivity contribution in [1.29, 1.82) is 0 Å². The third kappa shape index (κ3) is 3.09. The molecule has 1 heterocycles. The lowest BCUT2D eigenvalue weighted by Crippen LogP contribution is -2.36. The van der Waals surface area contributed by atoms with E-state index in [4.69, 9.17) is 4.74 Å². The van der Waals surface area contributed by atoms with Gasteiger partial charge in [0.05, 0.1) is 0 Å². The molecule has 96 valence electrons. The second kappa shape index (κ2) is 5.67. The summed E-state index contributed by atoms with van der Waals surface area (Å²) >= 11 is 0. The minimum absolute atomic E-state index is 0.0220. The van der Waals surface area contributed by atoms with Crippen molar-refractivity contribution in [3.8, 4) is 5.75 Å². The highest BCUT2D eigenvalue weighted by molar-refractivity contribution is 5.94. The Balaban J connectivity index is 2.03. The Morgan fingerprint density at radius 2 is 2.00 bits per heavy atom. The van der Waals surface area contributed by atoms with E-state index in [0.717, 1.165) is 25.8 Å². The lowest BCUT2D eigenvalue weighted by atomic mass is 10.1. The molecule has 0 spiro atoms. The van der Waals surface area contributed by atoms with Gasteiger partial charge in [0.15, 0.2) is 11.9 Å².